The Bertz CT molecular complexity index is 634. The first kappa shape index (κ1) is 12.2. The van der Waals surface area contributed by atoms with Gasteiger partial charge in [-0.1, -0.05) is 35.2 Å². The van der Waals surface area contributed by atoms with Gasteiger partial charge in [-0.25, -0.2) is 4.98 Å². The molecule has 18 heavy (non-hydrogen) atoms. The molecule has 0 N–H and O–H groups in total. The van der Waals surface area contributed by atoms with E-state index in [1.807, 2.05) is 6.07 Å². The monoisotopic (exact) mass is 262 g/mol. The summed E-state index contributed by atoms with van der Waals surface area (Å²) in [5.41, 5.74) is -0.126. The normalized spacial score (nSPS) is 12.2. The van der Waals surface area contributed by atoms with E-state index >= 15 is 0 Å². The fourth-order valence-corrected chi connectivity index (χ4v) is 1.99. The first-order valence-corrected chi connectivity index (χ1v) is 6.06. The van der Waals surface area contributed by atoms with E-state index in [1.165, 1.54) is 12.1 Å². The molecule has 0 radical (unpaired) electrons. The summed E-state index contributed by atoms with van der Waals surface area (Å²) in [6.45, 7) is 0. The molecule has 0 unspecified atom stereocenters. The van der Waals surface area contributed by atoms with Gasteiger partial charge < -0.3 is 8.57 Å². The largest absolute Gasteiger partial charge is 0.440 e. The standard InChI is InChI=1S/C11H8N3O3S/c15-14(16)9-6-7-11(12-8-9)13-18(17)10-4-2-1-3-5-10/h1-8H/q-1. The highest BCUT2D eigenvalue weighted by molar-refractivity contribution is 7.75. The molecule has 0 spiro atoms. The number of benzene rings is 1. The second kappa shape index (κ2) is 5.37. The van der Waals surface area contributed by atoms with Gasteiger partial charge in [0.05, 0.1) is 4.92 Å². The average molecular weight is 262 g/mol. The molecular formula is C11H8N3O3S-. The molecule has 0 amide bonds. The van der Waals surface area contributed by atoms with Crippen LogP contribution in [0.4, 0.5) is 11.5 Å². The SMILES string of the molecule is O=[N+]([O-])c1ccc(N=[S-](=O)c2ccccc2)nc1. The van der Waals surface area contributed by atoms with E-state index in [4.69, 9.17) is 0 Å². The summed E-state index contributed by atoms with van der Waals surface area (Å²) in [5.74, 6) is 0.197. The molecule has 0 aliphatic carbocycles. The minimum atomic E-state index is -1.56. The summed E-state index contributed by atoms with van der Waals surface area (Å²) in [5, 5.41) is 10.4. The van der Waals surface area contributed by atoms with Crippen LogP contribution in [-0.2, 0) is 14.8 Å². The van der Waals surface area contributed by atoms with Crippen molar-refractivity contribution in [1.82, 2.24) is 4.98 Å². The fraction of sp³-hybridized carbons (Fsp3) is 0. The Morgan fingerprint density at radius 2 is 1.89 bits per heavy atom. The summed E-state index contributed by atoms with van der Waals surface area (Å²) in [6, 6.07) is 11.3. The molecular weight excluding hydrogens is 254 g/mol. The molecule has 2 aromatic rings. The number of aromatic nitrogens is 1. The van der Waals surface area contributed by atoms with Crippen molar-refractivity contribution in [2.75, 3.05) is 0 Å². The molecule has 1 aromatic heterocycles. The smallest absolute Gasteiger partial charge is 0.287 e. The lowest BCUT2D eigenvalue weighted by Crippen LogP contribution is -1.88. The van der Waals surface area contributed by atoms with E-state index in [0.29, 0.717) is 4.90 Å². The Balaban J connectivity index is 2.28. The molecule has 0 bridgehead atoms. The van der Waals surface area contributed by atoms with E-state index < -0.39 is 15.5 Å². The number of nitro groups is 1. The quantitative estimate of drug-likeness (QED) is 0.483. The van der Waals surface area contributed by atoms with Crippen LogP contribution < -0.4 is 0 Å². The maximum Gasteiger partial charge on any atom is 0.287 e. The average Bonchev–Trinajstić information content (AvgIpc) is 2.40. The molecule has 0 aliphatic heterocycles. The zero-order valence-electron chi connectivity index (χ0n) is 9.09. The van der Waals surface area contributed by atoms with Crippen LogP contribution in [0.15, 0.2) is 57.9 Å². The predicted octanol–water partition coefficient (Wildman–Crippen LogP) is 2.83. The third kappa shape index (κ3) is 2.89. The lowest BCUT2D eigenvalue weighted by molar-refractivity contribution is -0.385. The van der Waals surface area contributed by atoms with Crippen molar-refractivity contribution >= 4 is 22.1 Å². The molecule has 0 atom stereocenters. The second-order valence-electron chi connectivity index (χ2n) is 3.29. The molecule has 0 aliphatic rings. The highest BCUT2D eigenvalue weighted by Crippen LogP contribution is 2.15. The van der Waals surface area contributed by atoms with Crippen LogP contribution in [0.5, 0.6) is 0 Å². The zero-order chi connectivity index (χ0) is 13.0. The molecule has 7 heteroatoms. The van der Waals surface area contributed by atoms with Gasteiger partial charge in [-0.15, -0.1) is 0 Å². The van der Waals surface area contributed by atoms with E-state index in [9.17, 15) is 14.3 Å². The first-order chi connectivity index (χ1) is 8.66. The third-order valence-corrected chi connectivity index (χ3v) is 3.09. The number of pyridine rings is 1. The molecule has 0 fully saturated rings. The van der Waals surface area contributed by atoms with Crippen LogP contribution >= 0.6 is 0 Å². The zero-order valence-corrected chi connectivity index (χ0v) is 9.91. The van der Waals surface area contributed by atoms with E-state index in [0.717, 1.165) is 6.20 Å². The molecule has 92 valence electrons. The van der Waals surface area contributed by atoms with Gasteiger partial charge in [0.25, 0.3) is 5.69 Å². The van der Waals surface area contributed by atoms with Gasteiger partial charge in [0.1, 0.15) is 12.0 Å². The summed E-state index contributed by atoms with van der Waals surface area (Å²) in [4.78, 5) is 14.2. The first-order valence-electron chi connectivity index (χ1n) is 4.96. The van der Waals surface area contributed by atoms with Gasteiger partial charge in [0.2, 0.25) is 0 Å². The van der Waals surface area contributed by atoms with Crippen LogP contribution in [0, 0.1) is 10.1 Å². The number of nitrogens with zero attached hydrogens (tertiary/aromatic N) is 3. The van der Waals surface area contributed by atoms with Gasteiger partial charge in [-0.05, 0) is 6.07 Å². The Labute approximate surface area is 105 Å². The van der Waals surface area contributed by atoms with Gasteiger partial charge in [0, 0.05) is 6.07 Å². The molecule has 6 nitrogen and oxygen atoms in total. The molecule has 0 saturated heterocycles. The van der Waals surface area contributed by atoms with Crippen molar-refractivity contribution in [3.8, 4) is 0 Å². The van der Waals surface area contributed by atoms with Crippen LogP contribution in [0.1, 0.15) is 0 Å². The van der Waals surface area contributed by atoms with Crippen LogP contribution in [0.25, 0.3) is 0 Å². The van der Waals surface area contributed by atoms with Crippen molar-refractivity contribution in [3.05, 3.63) is 58.8 Å². The minimum Gasteiger partial charge on any atom is -0.440 e. The van der Waals surface area contributed by atoms with Crippen LogP contribution in [0.2, 0.25) is 0 Å². The molecule has 1 aromatic carbocycles. The fourth-order valence-electron chi connectivity index (χ4n) is 1.21. The second-order valence-corrected chi connectivity index (χ2v) is 4.44. The van der Waals surface area contributed by atoms with E-state index in [1.54, 1.807) is 24.3 Å². The van der Waals surface area contributed by atoms with Gasteiger partial charge in [-0.3, -0.25) is 10.1 Å². The van der Waals surface area contributed by atoms with Crippen molar-refractivity contribution < 1.29 is 9.13 Å². The van der Waals surface area contributed by atoms with Gasteiger partial charge >= 0.3 is 0 Å². The van der Waals surface area contributed by atoms with Crippen LogP contribution in [-0.4, -0.2) is 9.91 Å². The van der Waals surface area contributed by atoms with E-state index in [2.05, 4.69) is 9.35 Å². The Morgan fingerprint density at radius 3 is 2.44 bits per heavy atom. The Kier molecular flexibility index (Phi) is 3.63. The van der Waals surface area contributed by atoms with Crippen molar-refractivity contribution in [2.45, 2.75) is 4.90 Å². The summed E-state index contributed by atoms with van der Waals surface area (Å²) < 4.78 is 15.7. The highest BCUT2D eigenvalue weighted by atomic mass is 32.2. The van der Waals surface area contributed by atoms with Crippen molar-refractivity contribution in [3.63, 3.8) is 0 Å². The Morgan fingerprint density at radius 1 is 1.17 bits per heavy atom. The van der Waals surface area contributed by atoms with Gasteiger partial charge in [0.15, 0.2) is 0 Å². The summed E-state index contributed by atoms with van der Waals surface area (Å²) in [7, 11) is -1.56. The van der Waals surface area contributed by atoms with Crippen LogP contribution in [0.3, 0.4) is 0 Å². The Hall–Kier alpha value is -2.28. The number of hydrogen-bond donors (Lipinski definition) is 0. The maximum absolute atomic E-state index is 11.8. The lowest BCUT2D eigenvalue weighted by atomic mass is 10.4. The van der Waals surface area contributed by atoms with Crippen molar-refractivity contribution in [2.24, 2.45) is 4.36 Å². The third-order valence-electron chi connectivity index (χ3n) is 2.06. The number of rotatable bonds is 3. The van der Waals surface area contributed by atoms with E-state index in [-0.39, 0.29) is 11.5 Å². The minimum absolute atomic E-state index is 0.126. The molecule has 2 rings (SSSR count). The highest BCUT2D eigenvalue weighted by Gasteiger charge is 2.03. The predicted molar refractivity (Wildman–Crippen MR) is 65.7 cm³/mol. The molecule has 0 saturated carbocycles. The van der Waals surface area contributed by atoms with Gasteiger partial charge in [-0.2, -0.15) is 10.6 Å². The number of hydrogen-bond acceptors (Lipinski definition) is 6. The topological polar surface area (TPSA) is 85.5 Å². The van der Waals surface area contributed by atoms with Crippen molar-refractivity contribution in [1.29, 1.82) is 0 Å². The summed E-state index contributed by atoms with van der Waals surface area (Å²) >= 11 is 0. The summed E-state index contributed by atoms with van der Waals surface area (Å²) in [6.07, 6.45) is 1.08. The molecule has 1 heterocycles. The lowest BCUT2D eigenvalue weighted by Gasteiger charge is -2.04. The maximum atomic E-state index is 11.8.